The zero-order valence-corrected chi connectivity index (χ0v) is 10.3. The molecule has 0 bridgehead atoms. The summed E-state index contributed by atoms with van der Waals surface area (Å²) >= 11 is 4.83. The van der Waals surface area contributed by atoms with Crippen molar-refractivity contribution >= 4 is 29.1 Å². The molecule has 0 saturated heterocycles. The molecule has 0 unspecified atom stereocenters. The van der Waals surface area contributed by atoms with Crippen LogP contribution >= 0.6 is 12.2 Å². The average molecular weight is 246 g/mol. The Labute approximate surface area is 106 Å². The fourth-order valence-corrected chi connectivity index (χ4v) is 1.33. The Balaban J connectivity index is 2.38. The van der Waals surface area contributed by atoms with Crippen LogP contribution in [0.15, 0.2) is 30.3 Å². The lowest BCUT2D eigenvalue weighted by molar-refractivity contribution is 1.02. The molecule has 0 spiro atoms. The van der Waals surface area contributed by atoms with E-state index in [2.05, 4.69) is 16.0 Å². The summed E-state index contributed by atoms with van der Waals surface area (Å²) in [5.41, 5.74) is 2.20. The topological polar surface area (TPSA) is 59.9 Å². The van der Waals surface area contributed by atoms with Gasteiger partial charge in [0.15, 0.2) is 11.3 Å². The van der Waals surface area contributed by atoms with E-state index < -0.39 is 0 Å². The van der Waals surface area contributed by atoms with Crippen LogP contribution in [0.5, 0.6) is 0 Å². The number of thiocarbonyl (C=S) groups is 1. The van der Waals surface area contributed by atoms with Gasteiger partial charge < -0.3 is 10.6 Å². The van der Waals surface area contributed by atoms with Gasteiger partial charge >= 0.3 is 0 Å². The summed E-state index contributed by atoms with van der Waals surface area (Å²) in [7, 11) is 1.89. The summed E-state index contributed by atoms with van der Waals surface area (Å²) in [5, 5.41) is 16.9. The van der Waals surface area contributed by atoms with Crippen LogP contribution in [-0.4, -0.2) is 18.7 Å². The second-order valence-corrected chi connectivity index (χ2v) is 3.63. The van der Waals surface area contributed by atoms with E-state index in [4.69, 9.17) is 17.5 Å². The summed E-state index contributed by atoms with van der Waals surface area (Å²) in [5.74, 6) is 0. The van der Waals surface area contributed by atoms with Crippen LogP contribution in [0.2, 0.25) is 0 Å². The van der Waals surface area contributed by atoms with Gasteiger partial charge in [-0.1, -0.05) is 24.3 Å². The summed E-state index contributed by atoms with van der Waals surface area (Å²) in [4.78, 5) is 0. The normalized spacial score (nSPS) is 9.65. The highest BCUT2D eigenvalue weighted by Gasteiger charge is 1.90. The Morgan fingerprint density at radius 3 is 2.71 bits per heavy atom. The quantitative estimate of drug-likeness (QED) is 0.429. The smallest absolute Gasteiger partial charge is 0.183 e. The first-order valence-corrected chi connectivity index (χ1v) is 5.54. The molecule has 5 heteroatoms. The lowest BCUT2D eigenvalue weighted by Gasteiger charge is -2.01. The van der Waals surface area contributed by atoms with E-state index in [-0.39, 0.29) is 0 Å². The number of anilines is 1. The molecule has 0 heterocycles. The number of nitrogens with one attached hydrogen (secondary N) is 3. The van der Waals surface area contributed by atoms with Crippen molar-refractivity contribution in [3.63, 3.8) is 0 Å². The van der Waals surface area contributed by atoms with Crippen molar-refractivity contribution in [2.24, 2.45) is 0 Å². The molecule has 0 amide bonds. The van der Waals surface area contributed by atoms with E-state index in [9.17, 15) is 0 Å². The van der Waals surface area contributed by atoms with E-state index in [1.54, 1.807) is 6.19 Å². The van der Waals surface area contributed by atoms with Gasteiger partial charge in [0.1, 0.15) is 0 Å². The first kappa shape index (κ1) is 13.0. The van der Waals surface area contributed by atoms with E-state index in [1.165, 1.54) is 0 Å². The predicted molar refractivity (Wildman–Crippen MR) is 74.4 cm³/mol. The van der Waals surface area contributed by atoms with Gasteiger partial charge in [0.05, 0.1) is 0 Å². The molecule has 0 aromatic heterocycles. The Kier molecular flexibility index (Phi) is 5.55. The molecule has 0 aliphatic rings. The third kappa shape index (κ3) is 5.00. The Bertz CT molecular complexity index is 431. The summed E-state index contributed by atoms with van der Waals surface area (Å²) < 4.78 is 0. The molecule has 0 saturated carbocycles. The van der Waals surface area contributed by atoms with Gasteiger partial charge in [0, 0.05) is 19.3 Å². The third-order valence-electron chi connectivity index (χ3n) is 2.06. The summed E-state index contributed by atoms with van der Waals surface area (Å²) in [6.45, 7) is 0.585. The highest BCUT2D eigenvalue weighted by atomic mass is 32.1. The molecule has 88 valence electrons. The molecule has 1 rings (SSSR count). The van der Waals surface area contributed by atoms with Gasteiger partial charge in [-0.15, -0.1) is 0 Å². The van der Waals surface area contributed by atoms with Crippen LogP contribution in [0.1, 0.15) is 5.56 Å². The standard InChI is InChI=1S/C12H14N4S/c1-14-11-6-4-10(5-7-11)3-2-8-15-12(17)16-9-13/h2-7,14H,8H2,1H3,(H2,15,16,17)/b3-2+. The van der Waals surface area contributed by atoms with Crippen LogP contribution in [0, 0.1) is 11.5 Å². The van der Waals surface area contributed by atoms with E-state index >= 15 is 0 Å². The van der Waals surface area contributed by atoms with Crippen LogP contribution < -0.4 is 16.0 Å². The fraction of sp³-hybridized carbons (Fsp3) is 0.167. The van der Waals surface area contributed by atoms with Crippen LogP contribution in [-0.2, 0) is 0 Å². The molecule has 0 aliphatic heterocycles. The van der Waals surface area contributed by atoms with Crippen molar-refractivity contribution in [1.82, 2.24) is 10.6 Å². The Morgan fingerprint density at radius 2 is 2.12 bits per heavy atom. The van der Waals surface area contributed by atoms with Crippen molar-refractivity contribution in [3.8, 4) is 6.19 Å². The maximum Gasteiger partial charge on any atom is 0.183 e. The molecule has 0 fully saturated rings. The van der Waals surface area contributed by atoms with Crippen molar-refractivity contribution in [3.05, 3.63) is 35.9 Å². The zero-order chi connectivity index (χ0) is 12.5. The largest absolute Gasteiger partial charge is 0.388 e. The van der Waals surface area contributed by atoms with Crippen LogP contribution in [0.25, 0.3) is 6.08 Å². The maximum absolute atomic E-state index is 8.31. The van der Waals surface area contributed by atoms with Gasteiger partial charge in [-0.3, -0.25) is 5.32 Å². The van der Waals surface area contributed by atoms with Gasteiger partial charge in [0.2, 0.25) is 0 Å². The predicted octanol–water partition coefficient (Wildman–Crippen LogP) is 1.69. The maximum atomic E-state index is 8.31. The van der Waals surface area contributed by atoms with Gasteiger partial charge in [-0.25, -0.2) is 0 Å². The minimum Gasteiger partial charge on any atom is -0.388 e. The van der Waals surface area contributed by atoms with E-state index in [0.29, 0.717) is 11.7 Å². The number of hydrogen-bond donors (Lipinski definition) is 3. The molecule has 0 aliphatic carbocycles. The van der Waals surface area contributed by atoms with Crippen LogP contribution in [0.4, 0.5) is 5.69 Å². The second-order valence-electron chi connectivity index (χ2n) is 3.22. The first-order valence-electron chi connectivity index (χ1n) is 5.13. The first-order chi connectivity index (χ1) is 8.26. The molecule has 4 nitrogen and oxygen atoms in total. The summed E-state index contributed by atoms with van der Waals surface area (Å²) in [6.07, 6.45) is 5.69. The minimum absolute atomic E-state index is 0.336. The second kappa shape index (κ2) is 7.25. The van der Waals surface area contributed by atoms with E-state index in [0.717, 1.165) is 11.3 Å². The fourth-order valence-electron chi connectivity index (χ4n) is 1.20. The van der Waals surface area contributed by atoms with Crippen molar-refractivity contribution in [2.45, 2.75) is 0 Å². The molecule has 0 atom stereocenters. The molecule has 1 aromatic carbocycles. The third-order valence-corrected chi connectivity index (χ3v) is 2.31. The van der Waals surface area contributed by atoms with Crippen LogP contribution in [0.3, 0.4) is 0 Å². The number of hydrogen-bond acceptors (Lipinski definition) is 3. The number of nitrogens with zero attached hydrogens (tertiary/aromatic N) is 1. The molecular weight excluding hydrogens is 232 g/mol. The van der Waals surface area contributed by atoms with Gasteiger partial charge in [-0.05, 0) is 29.9 Å². The molecule has 0 radical (unpaired) electrons. The number of benzene rings is 1. The van der Waals surface area contributed by atoms with Crippen molar-refractivity contribution < 1.29 is 0 Å². The van der Waals surface area contributed by atoms with Crippen molar-refractivity contribution in [2.75, 3.05) is 18.9 Å². The number of rotatable bonds is 4. The van der Waals surface area contributed by atoms with Crippen molar-refractivity contribution in [1.29, 1.82) is 5.26 Å². The number of nitriles is 1. The SMILES string of the molecule is CNc1ccc(/C=C/CNC(=S)NC#N)cc1. The lowest BCUT2D eigenvalue weighted by Crippen LogP contribution is -2.31. The lowest BCUT2D eigenvalue weighted by atomic mass is 10.2. The minimum atomic E-state index is 0.336. The average Bonchev–Trinajstić information content (AvgIpc) is 2.36. The highest BCUT2D eigenvalue weighted by molar-refractivity contribution is 7.80. The summed E-state index contributed by atoms with van der Waals surface area (Å²) in [6, 6.07) is 8.06. The Hall–Kier alpha value is -2.06. The zero-order valence-electron chi connectivity index (χ0n) is 9.53. The molecule has 17 heavy (non-hydrogen) atoms. The van der Waals surface area contributed by atoms with Gasteiger partial charge in [-0.2, -0.15) is 5.26 Å². The highest BCUT2D eigenvalue weighted by Crippen LogP contribution is 2.09. The monoisotopic (exact) mass is 246 g/mol. The Morgan fingerprint density at radius 1 is 1.41 bits per heavy atom. The molecule has 3 N–H and O–H groups in total. The van der Waals surface area contributed by atoms with E-state index in [1.807, 2.05) is 43.5 Å². The van der Waals surface area contributed by atoms with Gasteiger partial charge in [0.25, 0.3) is 0 Å². The molecular formula is C12H14N4S. The molecule has 1 aromatic rings.